The second kappa shape index (κ2) is 11.9. The van der Waals surface area contributed by atoms with Crippen molar-refractivity contribution in [3.05, 3.63) is 77.2 Å². The lowest BCUT2D eigenvalue weighted by molar-refractivity contribution is 0.0649. The van der Waals surface area contributed by atoms with Crippen LogP contribution in [-0.2, 0) is 14.3 Å². The van der Waals surface area contributed by atoms with E-state index in [1.807, 2.05) is 25.1 Å². The molecule has 0 saturated carbocycles. The number of ether oxygens (including phenoxy) is 1. The molecule has 190 valence electrons. The van der Waals surface area contributed by atoms with Gasteiger partial charge in [0.2, 0.25) is 0 Å². The normalized spacial score (nSPS) is 12.3. The number of benzene rings is 2. The van der Waals surface area contributed by atoms with Gasteiger partial charge in [0, 0.05) is 7.05 Å². The molecular formula is C26H24N4O5S2. The third-order valence-electron chi connectivity index (χ3n) is 4.96. The van der Waals surface area contributed by atoms with Crippen LogP contribution in [0.15, 0.2) is 65.8 Å². The monoisotopic (exact) mass is 536 g/mol. The van der Waals surface area contributed by atoms with Crippen LogP contribution >= 0.6 is 11.3 Å². The molecule has 0 amide bonds. The largest absolute Gasteiger partial charge is 0.491 e. The fourth-order valence-corrected chi connectivity index (χ4v) is 4.86. The minimum atomic E-state index is -3.96. The van der Waals surface area contributed by atoms with Crippen molar-refractivity contribution in [3.8, 4) is 17.6 Å². The molecule has 9 nitrogen and oxygen atoms in total. The highest BCUT2D eigenvalue weighted by atomic mass is 32.2. The van der Waals surface area contributed by atoms with Crippen LogP contribution in [-0.4, -0.2) is 54.8 Å². The zero-order chi connectivity index (χ0) is 26.3. The molecule has 0 bridgehead atoms. The number of rotatable bonds is 9. The average Bonchev–Trinajstić information content (AvgIpc) is 3.31. The molecule has 2 heterocycles. The first-order chi connectivity index (χ1) is 17.8. The Bertz CT molecular complexity index is 1550. The zero-order valence-electron chi connectivity index (χ0n) is 20.1. The molecule has 0 aliphatic rings. The third kappa shape index (κ3) is 7.34. The van der Waals surface area contributed by atoms with E-state index in [0.29, 0.717) is 17.3 Å². The van der Waals surface area contributed by atoms with E-state index in [1.165, 1.54) is 23.5 Å². The second-order valence-electron chi connectivity index (χ2n) is 7.84. The van der Waals surface area contributed by atoms with Crippen LogP contribution < -0.4 is 10.1 Å². The van der Waals surface area contributed by atoms with Gasteiger partial charge in [0.1, 0.15) is 35.0 Å². The second-order valence-corrected chi connectivity index (χ2v) is 10.5. The number of hydrogen-bond acceptors (Lipinski definition) is 10. The molecule has 0 spiro atoms. The van der Waals surface area contributed by atoms with E-state index in [9.17, 15) is 13.5 Å². The van der Waals surface area contributed by atoms with Crippen molar-refractivity contribution >= 4 is 43.6 Å². The van der Waals surface area contributed by atoms with Crippen LogP contribution in [0.25, 0.3) is 16.3 Å². The van der Waals surface area contributed by atoms with E-state index in [-0.39, 0.29) is 11.5 Å². The Kier molecular flexibility index (Phi) is 8.47. The summed E-state index contributed by atoms with van der Waals surface area (Å²) in [5.74, 6) is 7.03. The van der Waals surface area contributed by atoms with Crippen molar-refractivity contribution in [3.63, 3.8) is 0 Å². The number of thiazole rings is 1. The summed E-state index contributed by atoms with van der Waals surface area (Å²) in [7, 11) is -2.19. The molecule has 2 aromatic carbocycles. The summed E-state index contributed by atoms with van der Waals surface area (Å²) in [6.07, 6.45) is 5.58. The molecule has 0 saturated heterocycles. The van der Waals surface area contributed by atoms with Crippen molar-refractivity contribution in [2.45, 2.75) is 17.9 Å². The van der Waals surface area contributed by atoms with Crippen molar-refractivity contribution in [1.82, 2.24) is 15.0 Å². The van der Waals surface area contributed by atoms with E-state index >= 15 is 0 Å². The summed E-state index contributed by atoms with van der Waals surface area (Å²) >= 11 is 1.46. The number of aliphatic hydroxyl groups excluding tert-OH is 1. The van der Waals surface area contributed by atoms with Gasteiger partial charge in [-0.25, -0.2) is 15.0 Å². The number of aromatic nitrogens is 3. The Morgan fingerprint density at radius 3 is 2.68 bits per heavy atom. The summed E-state index contributed by atoms with van der Waals surface area (Å²) in [6.45, 7) is 1.31. The number of nitrogens with one attached hydrogen (secondary N) is 1. The molecule has 0 aliphatic carbocycles. The molecule has 4 rings (SSSR count). The highest BCUT2D eigenvalue weighted by Crippen LogP contribution is 2.27. The number of anilines is 1. The van der Waals surface area contributed by atoms with Crippen LogP contribution in [0.4, 0.5) is 5.82 Å². The Morgan fingerprint density at radius 2 is 1.95 bits per heavy atom. The first kappa shape index (κ1) is 26.2. The zero-order valence-corrected chi connectivity index (χ0v) is 21.7. The van der Waals surface area contributed by atoms with E-state index in [0.717, 1.165) is 20.8 Å². The van der Waals surface area contributed by atoms with Gasteiger partial charge in [0.15, 0.2) is 0 Å². The fourth-order valence-electron chi connectivity index (χ4n) is 3.02. The summed E-state index contributed by atoms with van der Waals surface area (Å²) in [6, 6.07) is 11.6. The molecule has 11 heteroatoms. The minimum Gasteiger partial charge on any atom is -0.491 e. The number of aryl methyl sites for hydroxylation is 1. The van der Waals surface area contributed by atoms with Crippen LogP contribution in [0.1, 0.15) is 16.3 Å². The highest BCUT2D eigenvalue weighted by molar-refractivity contribution is 7.86. The molecule has 1 atom stereocenters. The summed E-state index contributed by atoms with van der Waals surface area (Å²) in [5, 5.41) is 13.8. The molecule has 0 radical (unpaired) electrons. The van der Waals surface area contributed by atoms with Gasteiger partial charge in [-0.3, -0.25) is 4.18 Å². The van der Waals surface area contributed by atoms with Crippen molar-refractivity contribution in [2.24, 2.45) is 0 Å². The summed E-state index contributed by atoms with van der Waals surface area (Å²) < 4.78 is 36.0. The Balaban J connectivity index is 1.30. The quantitative estimate of drug-likeness (QED) is 0.244. The van der Waals surface area contributed by atoms with Gasteiger partial charge in [0.25, 0.3) is 10.1 Å². The van der Waals surface area contributed by atoms with E-state index in [2.05, 4.69) is 32.1 Å². The van der Waals surface area contributed by atoms with Crippen molar-refractivity contribution < 1.29 is 22.4 Å². The van der Waals surface area contributed by atoms with Crippen LogP contribution in [0.2, 0.25) is 0 Å². The lowest BCUT2D eigenvalue weighted by Crippen LogP contribution is -2.25. The van der Waals surface area contributed by atoms with Gasteiger partial charge in [-0.15, -0.1) is 11.3 Å². The minimum absolute atomic E-state index is 0.0366. The van der Waals surface area contributed by atoms with Crippen LogP contribution in [0, 0.1) is 18.8 Å². The van der Waals surface area contributed by atoms with Gasteiger partial charge in [-0.05, 0) is 55.3 Å². The molecule has 4 aromatic rings. The number of allylic oxidation sites excluding steroid dienone is 1. The first-order valence-electron chi connectivity index (χ1n) is 11.2. The molecular weight excluding hydrogens is 512 g/mol. The van der Waals surface area contributed by atoms with E-state index in [1.54, 1.807) is 43.7 Å². The maximum atomic E-state index is 12.3. The number of hydrogen-bond donors (Lipinski definition) is 2. The Labute approximate surface area is 219 Å². The lowest BCUT2D eigenvalue weighted by atomic mass is 10.2. The number of fused-ring (bicyclic) bond motifs is 1. The molecule has 0 fully saturated rings. The third-order valence-corrected chi connectivity index (χ3v) is 7.24. The molecule has 2 N–H and O–H groups in total. The molecule has 37 heavy (non-hydrogen) atoms. The summed E-state index contributed by atoms with van der Waals surface area (Å²) in [4.78, 5) is 12.9. The van der Waals surface area contributed by atoms with Crippen molar-refractivity contribution in [2.75, 3.05) is 25.6 Å². The Morgan fingerprint density at radius 1 is 1.14 bits per heavy atom. The lowest BCUT2D eigenvalue weighted by Gasteiger charge is -2.13. The standard InChI is InChI=1S/C26H24N4O5S2/c1-18-7-10-22(11-8-18)37(32,33)35-17-20(31)16-34-21-9-12-23-24(13-21)36-26(30-23)6-4-3-5-19-14-29-25(27-2)15-28-19/h4,6-15,20,31H,16-17H2,1-2H3,(H,27,29)/b6-4+. The molecule has 2 aromatic heterocycles. The average molecular weight is 537 g/mol. The van der Waals surface area contributed by atoms with Gasteiger partial charge >= 0.3 is 0 Å². The SMILES string of the molecule is CNc1cnc(C#C/C=C/c2nc3ccc(OCC(O)COS(=O)(=O)c4ccc(C)cc4)cc3s2)cn1. The van der Waals surface area contributed by atoms with Gasteiger partial charge < -0.3 is 15.2 Å². The smallest absolute Gasteiger partial charge is 0.297 e. The predicted octanol–water partition coefficient (Wildman–Crippen LogP) is 3.65. The van der Waals surface area contributed by atoms with Crippen LogP contribution in [0.5, 0.6) is 5.75 Å². The maximum Gasteiger partial charge on any atom is 0.297 e. The number of nitrogens with zero attached hydrogens (tertiary/aromatic N) is 3. The maximum absolute atomic E-state index is 12.3. The van der Waals surface area contributed by atoms with Crippen LogP contribution in [0.3, 0.4) is 0 Å². The Hall–Kier alpha value is -3.82. The summed E-state index contributed by atoms with van der Waals surface area (Å²) in [5.41, 5.74) is 2.30. The molecule has 0 aliphatic heterocycles. The van der Waals surface area contributed by atoms with Crippen molar-refractivity contribution in [1.29, 1.82) is 0 Å². The van der Waals surface area contributed by atoms with Gasteiger partial charge in [0.05, 0.1) is 34.1 Å². The predicted molar refractivity (Wildman–Crippen MR) is 143 cm³/mol. The highest BCUT2D eigenvalue weighted by Gasteiger charge is 2.18. The molecule has 1 unspecified atom stereocenters. The first-order valence-corrected chi connectivity index (χ1v) is 13.4. The van der Waals surface area contributed by atoms with E-state index < -0.39 is 22.8 Å². The number of aliphatic hydroxyl groups is 1. The topological polar surface area (TPSA) is 124 Å². The fraction of sp³-hybridized carbons (Fsp3) is 0.192. The van der Waals surface area contributed by atoms with Gasteiger partial charge in [-0.2, -0.15) is 8.42 Å². The van der Waals surface area contributed by atoms with Gasteiger partial charge in [-0.1, -0.05) is 23.6 Å². The van der Waals surface area contributed by atoms with E-state index in [4.69, 9.17) is 8.92 Å².